The van der Waals surface area contributed by atoms with Gasteiger partial charge in [-0.25, -0.2) is 0 Å². The van der Waals surface area contributed by atoms with Crippen LogP contribution >= 0.6 is 0 Å². The normalized spacial score (nSPS) is 19.7. The van der Waals surface area contributed by atoms with Crippen molar-refractivity contribution in [1.82, 2.24) is 0 Å². The first kappa shape index (κ1) is 12.6. The van der Waals surface area contributed by atoms with Crippen molar-refractivity contribution in [3.05, 3.63) is 35.4 Å². The highest BCUT2D eigenvalue weighted by atomic mass is 16.3. The van der Waals surface area contributed by atoms with Crippen molar-refractivity contribution in [2.24, 2.45) is 5.92 Å². The van der Waals surface area contributed by atoms with Gasteiger partial charge in [-0.05, 0) is 36.8 Å². The second kappa shape index (κ2) is 5.22. The monoisotopic (exact) mass is 232 g/mol. The molecule has 1 aromatic carbocycles. The predicted molar refractivity (Wildman–Crippen MR) is 72.0 cm³/mol. The molecule has 0 aromatic heterocycles. The van der Waals surface area contributed by atoms with Gasteiger partial charge in [0.25, 0.3) is 0 Å². The summed E-state index contributed by atoms with van der Waals surface area (Å²) in [6.45, 7) is 4.15. The topological polar surface area (TPSA) is 20.2 Å². The van der Waals surface area contributed by atoms with E-state index in [9.17, 15) is 5.11 Å². The fourth-order valence-corrected chi connectivity index (χ4v) is 2.70. The summed E-state index contributed by atoms with van der Waals surface area (Å²) in [7, 11) is 0. The molecule has 0 saturated heterocycles. The summed E-state index contributed by atoms with van der Waals surface area (Å²) in [6.07, 6.45) is 7.16. The van der Waals surface area contributed by atoms with Crippen molar-refractivity contribution in [3.63, 3.8) is 0 Å². The van der Waals surface area contributed by atoms with Gasteiger partial charge in [0.15, 0.2) is 0 Å². The lowest BCUT2D eigenvalue weighted by Gasteiger charge is -2.33. The van der Waals surface area contributed by atoms with Gasteiger partial charge < -0.3 is 5.11 Å². The molecule has 2 rings (SSSR count). The van der Waals surface area contributed by atoms with Gasteiger partial charge in [0.05, 0.1) is 5.60 Å². The SMILES string of the molecule is CCCc1ccc(C(C)(O)CC2CCC2)cc1. The predicted octanol–water partition coefficient (Wildman–Crippen LogP) is 4.04. The van der Waals surface area contributed by atoms with E-state index in [1.165, 1.54) is 31.2 Å². The van der Waals surface area contributed by atoms with E-state index >= 15 is 0 Å². The van der Waals surface area contributed by atoms with Gasteiger partial charge >= 0.3 is 0 Å². The molecular weight excluding hydrogens is 208 g/mol. The van der Waals surface area contributed by atoms with Crippen LogP contribution in [0.3, 0.4) is 0 Å². The lowest BCUT2D eigenvalue weighted by Crippen LogP contribution is -2.27. The molecule has 1 N–H and O–H groups in total. The molecule has 0 spiro atoms. The highest BCUT2D eigenvalue weighted by Gasteiger charge is 2.30. The molecule has 1 fully saturated rings. The Morgan fingerprint density at radius 1 is 1.24 bits per heavy atom. The average Bonchev–Trinajstić information content (AvgIpc) is 2.25. The van der Waals surface area contributed by atoms with E-state index < -0.39 is 5.60 Å². The molecule has 1 heteroatoms. The smallest absolute Gasteiger partial charge is 0.0871 e. The van der Waals surface area contributed by atoms with Crippen LogP contribution in [0.2, 0.25) is 0 Å². The van der Waals surface area contributed by atoms with Crippen molar-refractivity contribution in [1.29, 1.82) is 0 Å². The zero-order chi connectivity index (χ0) is 12.3. The quantitative estimate of drug-likeness (QED) is 0.812. The van der Waals surface area contributed by atoms with E-state index in [1.54, 1.807) is 0 Å². The van der Waals surface area contributed by atoms with Gasteiger partial charge in [0.1, 0.15) is 0 Å². The van der Waals surface area contributed by atoms with Crippen molar-refractivity contribution >= 4 is 0 Å². The summed E-state index contributed by atoms with van der Waals surface area (Å²) in [5, 5.41) is 10.5. The third-order valence-corrected chi connectivity index (χ3v) is 4.03. The van der Waals surface area contributed by atoms with Crippen LogP contribution in [0.15, 0.2) is 24.3 Å². The number of aliphatic hydroxyl groups is 1. The molecule has 94 valence electrons. The summed E-state index contributed by atoms with van der Waals surface area (Å²) in [5.41, 5.74) is 1.80. The Morgan fingerprint density at radius 3 is 2.35 bits per heavy atom. The average molecular weight is 232 g/mol. The summed E-state index contributed by atoms with van der Waals surface area (Å²) in [4.78, 5) is 0. The van der Waals surface area contributed by atoms with Gasteiger partial charge in [0.2, 0.25) is 0 Å². The van der Waals surface area contributed by atoms with Crippen LogP contribution in [0.4, 0.5) is 0 Å². The number of aryl methyl sites for hydroxylation is 1. The van der Waals surface area contributed by atoms with E-state index in [0.717, 1.165) is 24.3 Å². The Morgan fingerprint density at radius 2 is 1.88 bits per heavy atom. The maximum atomic E-state index is 10.5. The fraction of sp³-hybridized carbons (Fsp3) is 0.625. The molecule has 0 amide bonds. The highest BCUT2D eigenvalue weighted by Crippen LogP contribution is 2.37. The van der Waals surface area contributed by atoms with Gasteiger partial charge in [-0.2, -0.15) is 0 Å². The molecule has 0 radical (unpaired) electrons. The minimum absolute atomic E-state index is 0.643. The number of hydrogen-bond donors (Lipinski definition) is 1. The Labute approximate surface area is 105 Å². The second-order valence-corrected chi connectivity index (χ2v) is 5.72. The molecule has 1 unspecified atom stereocenters. The maximum absolute atomic E-state index is 10.5. The summed E-state index contributed by atoms with van der Waals surface area (Å²) >= 11 is 0. The Hall–Kier alpha value is -0.820. The van der Waals surface area contributed by atoms with Crippen molar-refractivity contribution < 1.29 is 5.11 Å². The second-order valence-electron chi connectivity index (χ2n) is 5.72. The number of benzene rings is 1. The standard InChI is InChI=1S/C16H24O/c1-3-5-13-8-10-15(11-9-13)16(2,17)12-14-6-4-7-14/h8-11,14,17H,3-7,12H2,1-2H3. The van der Waals surface area contributed by atoms with E-state index in [1.807, 2.05) is 6.92 Å². The van der Waals surface area contributed by atoms with E-state index in [-0.39, 0.29) is 0 Å². The Kier molecular flexibility index (Phi) is 3.88. The minimum atomic E-state index is -0.643. The van der Waals surface area contributed by atoms with Crippen LogP contribution < -0.4 is 0 Å². The molecule has 1 aromatic rings. The van der Waals surface area contributed by atoms with Gasteiger partial charge in [0, 0.05) is 0 Å². The third-order valence-electron chi connectivity index (χ3n) is 4.03. The first-order valence-corrected chi connectivity index (χ1v) is 6.93. The third kappa shape index (κ3) is 3.10. The molecule has 17 heavy (non-hydrogen) atoms. The molecule has 0 bridgehead atoms. The fourth-order valence-electron chi connectivity index (χ4n) is 2.70. The number of rotatable bonds is 5. The maximum Gasteiger partial charge on any atom is 0.0871 e. The number of hydrogen-bond acceptors (Lipinski definition) is 1. The highest BCUT2D eigenvalue weighted by molar-refractivity contribution is 5.27. The molecule has 0 heterocycles. The Balaban J connectivity index is 2.03. The first-order valence-electron chi connectivity index (χ1n) is 6.93. The van der Waals surface area contributed by atoms with Crippen LogP contribution in [0.25, 0.3) is 0 Å². The lowest BCUT2D eigenvalue weighted by atomic mass is 9.76. The molecule has 1 saturated carbocycles. The van der Waals surface area contributed by atoms with Gasteiger partial charge in [-0.15, -0.1) is 0 Å². The van der Waals surface area contributed by atoms with Crippen molar-refractivity contribution in [2.45, 2.75) is 58.0 Å². The van der Waals surface area contributed by atoms with E-state index in [0.29, 0.717) is 0 Å². The summed E-state index contributed by atoms with van der Waals surface area (Å²) in [6, 6.07) is 8.52. The van der Waals surface area contributed by atoms with Crippen LogP contribution in [-0.4, -0.2) is 5.11 Å². The lowest BCUT2D eigenvalue weighted by molar-refractivity contribution is 0.0161. The van der Waals surface area contributed by atoms with Gasteiger partial charge in [-0.3, -0.25) is 0 Å². The molecule has 1 aliphatic carbocycles. The summed E-state index contributed by atoms with van der Waals surface area (Å²) in [5.74, 6) is 0.736. The van der Waals surface area contributed by atoms with E-state index in [4.69, 9.17) is 0 Å². The largest absolute Gasteiger partial charge is 0.385 e. The zero-order valence-corrected chi connectivity index (χ0v) is 11.1. The van der Waals surface area contributed by atoms with E-state index in [2.05, 4.69) is 31.2 Å². The molecule has 1 aliphatic rings. The Bertz CT molecular complexity index is 346. The molecular formula is C16H24O. The summed E-state index contributed by atoms with van der Waals surface area (Å²) < 4.78 is 0. The van der Waals surface area contributed by atoms with Crippen molar-refractivity contribution in [3.8, 4) is 0 Å². The van der Waals surface area contributed by atoms with Crippen LogP contribution in [0, 0.1) is 5.92 Å². The molecule has 1 atom stereocenters. The van der Waals surface area contributed by atoms with Crippen LogP contribution in [-0.2, 0) is 12.0 Å². The van der Waals surface area contributed by atoms with Crippen LogP contribution in [0.5, 0.6) is 0 Å². The van der Waals surface area contributed by atoms with Crippen molar-refractivity contribution in [2.75, 3.05) is 0 Å². The van der Waals surface area contributed by atoms with Gasteiger partial charge in [-0.1, -0.05) is 56.9 Å². The first-order chi connectivity index (χ1) is 8.12. The minimum Gasteiger partial charge on any atom is -0.385 e. The van der Waals surface area contributed by atoms with Crippen LogP contribution in [0.1, 0.15) is 57.1 Å². The zero-order valence-electron chi connectivity index (χ0n) is 11.1. The molecule has 1 nitrogen and oxygen atoms in total. The molecule has 0 aliphatic heterocycles.